The highest BCUT2D eigenvalue weighted by atomic mass is 32.1. The lowest BCUT2D eigenvalue weighted by Crippen LogP contribution is -2.47. The van der Waals surface area contributed by atoms with Gasteiger partial charge in [-0.2, -0.15) is 0 Å². The lowest BCUT2D eigenvalue weighted by Gasteiger charge is -2.36. The molecule has 0 aliphatic carbocycles. The molecule has 2 aromatic rings. The number of ether oxygens (including phenoxy) is 2. The number of piperazine rings is 1. The Balaban J connectivity index is 1.44. The molecule has 2 saturated heterocycles. The highest BCUT2D eigenvalue weighted by Crippen LogP contribution is 2.35. The van der Waals surface area contributed by atoms with Crippen molar-refractivity contribution in [2.24, 2.45) is 0 Å². The van der Waals surface area contributed by atoms with Crippen molar-refractivity contribution in [1.29, 1.82) is 0 Å². The van der Waals surface area contributed by atoms with Crippen LogP contribution in [0.3, 0.4) is 0 Å². The van der Waals surface area contributed by atoms with Gasteiger partial charge in [-0.05, 0) is 38.4 Å². The molecule has 4 rings (SSSR count). The van der Waals surface area contributed by atoms with Gasteiger partial charge in [0.1, 0.15) is 16.5 Å². The van der Waals surface area contributed by atoms with Crippen molar-refractivity contribution in [2.45, 2.75) is 25.7 Å². The predicted octanol–water partition coefficient (Wildman–Crippen LogP) is 3.23. The maximum atomic E-state index is 6.10. The van der Waals surface area contributed by atoms with Gasteiger partial charge in [0, 0.05) is 44.2 Å². The summed E-state index contributed by atoms with van der Waals surface area (Å²) in [6.45, 7) is 7.53. The Labute approximate surface area is 195 Å². The monoisotopic (exact) mass is 461 g/mol. The molecule has 1 aromatic carbocycles. The zero-order chi connectivity index (χ0) is 21.6. The Bertz CT molecular complexity index is 899. The van der Waals surface area contributed by atoms with E-state index in [-0.39, 0.29) is 0 Å². The maximum absolute atomic E-state index is 6.10. The number of thiol groups is 1. The zero-order valence-corrected chi connectivity index (χ0v) is 19.8. The van der Waals surface area contributed by atoms with E-state index in [9.17, 15) is 0 Å². The molecule has 7 nitrogen and oxygen atoms in total. The number of hydrogen-bond donors (Lipinski definition) is 1. The first kappa shape index (κ1) is 22.4. The quantitative estimate of drug-likeness (QED) is 0.383. The molecule has 0 spiro atoms. The van der Waals surface area contributed by atoms with E-state index in [0.717, 1.165) is 67.4 Å². The first-order valence-corrected chi connectivity index (χ1v) is 11.9. The normalized spacial score (nSPS) is 17.7. The van der Waals surface area contributed by atoms with Gasteiger partial charge in [0.15, 0.2) is 11.5 Å². The van der Waals surface area contributed by atoms with Gasteiger partial charge < -0.3 is 24.2 Å². The van der Waals surface area contributed by atoms with Crippen LogP contribution >= 0.6 is 24.8 Å². The van der Waals surface area contributed by atoms with E-state index in [1.54, 1.807) is 13.4 Å². The first-order chi connectivity index (χ1) is 15.2. The predicted molar refractivity (Wildman–Crippen MR) is 132 cm³/mol. The molecular formula is C22H31N5O2S2. The van der Waals surface area contributed by atoms with Gasteiger partial charge >= 0.3 is 0 Å². The number of likely N-dealkylation sites (tertiary alicyclic amines) is 1. The molecule has 2 aliphatic heterocycles. The summed E-state index contributed by atoms with van der Waals surface area (Å²) < 4.78 is 12.4. The number of aromatic nitrogens is 2. The van der Waals surface area contributed by atoms with Crippen LogP contribution in [0.4, 0.5) is 5.82 Å². The standard InChI is InChI=1S/C22H31N5O2S2/c1-28-19-14-17-18(15-20(19)29-13-5-8-25-6-3-2-4-7-25)23-16-24-21(17)26-9-11-27(12-10-26)22(30)31/h14-16H,2-13H2,1H3,(H,30,31). The lowest BCUT2D eigenvalue weighted by atomic mass is 10.1. The number of piperidine rings is 1. The van der Waals surface area contributed by atoms with Crippen molar-refractivity contribution in [3.05, 3.63) is 18.5 Å². The van der Waals surface area contributed by atoms with E-state index in [1.165, 1.54) is 32.4 Å². The second kappa shape index (κ2) is 10.7. The summed E-state index contributed by atoms with van der Waals surface area (Å²) in [5.74, 6) is 2.38. The van der Waals surface area contributed by atoms with Crippen LogP contribution in [0.15, 0.2) is 18.5 Å². The Kier molecular flexibility index (Phi) is 7.68. The molecule has 2 aliphatic rings. The van der Waals surface area contributed by atoms with Crippen LogP contribution in [0.1, 0.15) is 25.7 Å². The third-order valence-corrected chi connectivity index (χ3v) is 6.62. The summed E-state index contributed by atoms with van der Waals surface area (Å²) in [7, 11) is 1.68. The van der Waals surface area contributed by atoms with Crippen molar-refractivity contribution in [1.82, 2.24) is 19.8 Å². The Morgan fingerprint density at radius 1 is 1.03 bits per heavy atom. The molecule has 0 unspecified atom stereocenters. The highest BCUT2D eigenvalue weighted by molar-refractivity contribution is 8.10. The number of thiocarbonyl (C=S) groups is 1. The van der Waals surface area contributed by atoms with Gasteiger partial charge in [-0.25, -0.2) is 9.97 Å². The van der Waals surface area contributed by atoms with E-state index in [0.29, 0.717) is 10.9 Å². The van der Waals surface area contributed by atoms with E-state index in [2.05, 4.69) is 37.3 Å². The maximum Gasteiger partial charge on any atom is 0.163 e. The summed E-state index contributed by atoms with van der Waals surface area (Å²) in [5.41, 5.74) is 0.865. The fraction of sp³-hybridized carbons (Fsp3) is 0.591. The fourth-order valence-corrected chi connectivity index (χ4v) is 4.72. The summed E-state index contributed by atoms with van der Waals surface area (Å²) in [6.07, 6.45) is 6.63. The highest BCUT2D eigenvalue weighted by Gasteiger charge is 2.21. The molecule has 2 fully saturated rings. The van der Waals surface area contributed by atoms with Crippen molar-refractivity contribution in [3.63, 3.8) is 0 Å². The van der Waals surface area contributed by atoms with E-state index in [4.69, 9.17) is 21.7 Å². The molecular weight excluding hydrogens is 430 g/mol. The van der Waals surface area contributed by atoms with Crippen molar-refractivity contribution >= 4 is 45.9 Å². The SMILES string of the molecule is COc1cc2c(N3CCN(C(=S)S)CC3)ncnc2cc1OCCCN1CCCCC1. The van der Waals surface area contributed by atoms with Crippen LogP contribution in [0.5, 0.6) is 11.5 Å². The molecule has 3 heterocycles. The summed E-state index contributed by atoms with van der Waals surface area (Å²) in [4.78, 5) is 16.0. The Morgan fingerprint density at radius 3 is 2.52 bits per heavy atom. The van der Waals surface area contributed by atoms with Gasteiger partial charge in [-0.3, -0.25) is 0 Å². The summed E-state index contributed by atoms with van der Waals surface area (Å²) in [6, 6.07) is 3.97. The van der Waals surface area contributed by atoms with Gasteiger partial charge in [0.25, 0.3) is 0 Å². The second-order valence-corrected chi connectivity index (χ2v) is 9.19. The minimum absolute atomic E-state index is 0.649. The van der Waals surface area contributed by atoms with E-state index >= 15 is 0 Å². The number of benzene rings is 1. The van der Waals surface area contributed by atoms with Crippen molar-refractivity contribution in [3.8, 4) is 11.5 Å². The lowest BCUT2D eigenvalue weighted by molar-refractivity contribution is 0.203. The van der Waals surface area contributed by atoms with Gasteiger partial charge in [0.2, 0.25) is 0 Å². The second-order valence-electron chi connectivity index (χ2n) is 8.08. The minimum atomic E-state index is 0.649. The molecule has 0 amide bonds. The van der Waals surface area contributed by atoms with Crippen molar-refractivity contribution < 1.29 is 9.47 Å². The molecule has 0 saturated carbocycles. The molecule has 1 aromatic heterocycles. The molecule has 0 radical (unpaired) electrons. The minimum Gasteiger partial charge on any atom is -0.493 e. The largest absolute Gasteiger partial charge is 0.493 e. The molecule has 0 bridgehead atoms. The molecule has 168 valence electrons. The number of nitrogens with zero attached hydrogens (tertiary/aromatic N) is 5. The van der Waals surface area contributed by atoms with Gasteiger partial charge in [0.05, 0.1) is 19.2 Å². The third kappa shape index (κ3) is 5.51. The van der Waals surface area contributed by atoms with Crippen LogP contribution in [-0.4, -0.2) is 83.6 Å². The number of anilines is 1. The molecule has 9 heteroatoms. The fourth-order valence-electron chi connectivity index (χ4n) is 4.34. The smallest absolute Gasteiger partial charge is 0.163 e. The number of rotatable bonds is 7. The van der Waals surface area contributed by atoms with Crippen LogP contribution in [0, 0.1) is 0 Å². The molecule has 0 atom stereocenters. The average molecular weight is 462 g/mol. The topological polar surface area (TPSA) is 54.0 Å². The Morgan fingerprint density at radius 2 is 1.81 bits per heavy atom. The average Bonchev–Trinajstić information content (AvgIpc) is 2.81. The van der Waals surface area contributed by atoms with Crippen molar-refractivity contribution in [2.75, 3.05) is 64.4 Å². The summed E-state index contributed by atoms with van der Waals surface area (Å²) in [5, 5.41) is 0.974. The number of hydrogen-bond acceptors (Lipinski definition) is 7. The Hall–Kier alpha value is -1.84. The van der Waals surface area contributed by atoms with Crippen LogP contribution in [-0.2, 0) is 0 Å². The van der Waals surface area contributed by atoms with Crippen LogP contribution in [0.25, 0.3) is 10.9 Å². The third-order valence-electron chi connectivity index (χ3n) is 6.07. The van der Waals surface area contributed by atoms with Crippen LogP contribution in [0.2, 0.25) is 0 Å². The van der Waals surface area contributed by atoms with Gasteiger partial charge in [-0.1, -0.05) is 18.6 Å². The van der Waals surface area contributed by atoms with E-state index < -0.39 is 0 Å². The number of fused-ring (bicyclic) bond motifs is 1. The van der Waals surface area contributed by atoms with E-state index in [1.807, 2.05) is 12.1 Å². The molecule has 0 N–H and O–H groups in total. The first-order valence-electron chi connectivity index (χ1n) is 11.1. The van der Waals surface area contributed by atoms with Crippen LogP contribution < -0.4 is 14.4 Å². The zero-order valence-electron chi connectivity index (χ0n) is 18.1. The number of methoxy groups -OCH3 is 1. The van der Waals surface area contributed by atoms with Gasteiger partial charge in [-0.15, -0.1) is 12.6 Å². The molecule has 31 heavy (non-hydrogen) atoms. The summed E-state index contributed by atoms with van der Waals surface area (Å²) >= 11 is 9.49.